The monoisotopic (exact) mass is 315 g/mol. The molecule has 2 heterocycles. The quantitative estimate of drug-likeness (QED) is 0.811. The second kappa shape index (κ2) is 6.89. The molecule has 1 unspecified atom stereocenters. The number of hydrogen-bond donors (Lipinski definition) is 1. The molecule has 6 nitrogen and oxygen atoms in total. The van der Waals surface area contributed by atoms with E-state index in [-0.39, 0.29) is 10.9 Å². The number of aromatic nitrogens is 1. The Labute approximate surface area is 126 Å². The molecule has 0 aromatic carbocycles. The van der Waals surface area contributed by atoms with Crippen molar-refractivity contribution >= 4 is 10.0 Å². The first-order valence-corrected chi connectivity index (χ1v) is 9.08. The van der Waals surface area contributed by atoms with Crippen LogP contribution in [0.4, 0.5) is 0 Å². The number of rotatable bonds is 6. The fourth-order valence-corrected chi connectivity index (χ4v) is 4.89. The fraction of sp³-hybridized carbons (Fsp3) is 0.786. The number of hydrogen-bond acceptors (Lipinski definition) is 5. The summed E-state index contributed by atoms with van der Waals surface area (Å²) in [5.41, 5.74) is 0.443. The first kappa shape index (κ1) is 16.5. The minimum atomic E-state index is -3.53. The molecule has 1 saturated heterocycles. The Morgan fingerprint density at radius 2 is 2.14 bits per heavy atom. The highest BCUT2D eigenvalue weighted by Gasteiger charge is 2.36. The van der Waals surface area contributed by atoms with Gasteiger partial charge in [-0.1, -0.05) is 18.5 Å². The Bertz CT molecular complexity index is 549. The first-order chi connectivity index (χ1) is 9.98. The van der Waals surface area contributed by atoms with Gasteiger partial charge in [-0.25, -0.2) is 8.42 Å². The number of piperidine rings is 1. The van der Waals surface area contributed by atoms with E-state index in [1.54, 1.807) is 18.2 Å². The minimum absolute atomic E-state index is 0.0176. The van der Waals surface area contributed by atoms with Crippen LogP contribution < -0.4 is 5.32 Å². The van der Waals surface area contributed by atoms with Crippen molar-refractivity contribution in [3.05, 3.63) is 11.5 Å². The van der Waals surface area contributed by atoms with Crippen LogP contribution in [0.25, 0.3) is 0 Å². The number of nitrogens with zero attached hydrogens (tertiary/aromatic N) is 2. The average Bonchev–Trinajstić information content (AvgIpc) is 2.79. The Balaban J connectivity index is 2.23. The van der Waals surface area contributed by atoms with Crippen molar-refractivity contribution in [1.82, 2.24) is 14.8 Å². The molecule has 120 valence electrons. The fourth-order valence-electron chi connectivity index (χ4n) is 2.90. The van der Waals surface area contributed by atoms with Crippen LogP contribution in [-0.4, -0.2) is 43.6 Å². The topological polar surface area (TPSA) is 75.4 Å². The summed E-state index contributed by atoms with van der Waals surface area (Å²) in [7, 11) is -3.53. The smallest absolute Gasteiger partial charge is 0.248 e. The van der Waals surface area contributed by atoms with E-state index in [9.17, 15) is 8.42 Å². The third kappa shape index (κ3) is 3.46. The Morgan fingerprint density at radius 1 is 1.38 bits per heavy atom. The van der Waals surface area contributed by atoms with Gasteiger partial charge >= 0.3 is 0 Å². The molecule has 0 radical (unpaired) electrons. The Hall–Kier alpha value is -0.920. The summed E-state index contributed by atoms with van der Waals surface area (Å²) in [5.74, 6) is 0.373. The van der Waals surface area contributed by atoms with Crippen LogP contribution in [0.2, 0.25) is 0 Å². The lowest BCUT2D eigenvalue weighted by molar-refractivity contribution is 0.245. The van der Waals surface area contributed by atoms with Crippen molar-refractivity contribution < 1.29 is 12.9 Å². The molecule has 1 atom stereocenters. The SMILES string of the molecule is CCCNCC1CCCCN1S(=O)(=O)c1c(C)noc1C. The highest BCUT2D eigenvalue weighted by Crippen LogP contribution is 2.28. The van der Waals surface area contributed by atoms with Gasteiger partial charge in [0.1, 0.15) is 10.6 Å². The van der Waals surface area contributed by atoms with Gasteiger partial charge in [-0.3, -0.25) is 0 Å². The van der Waals surface area contributed by atoms with Crippen LogP contribution in [0, 0.1) is 13.8 Å². The molecule has 1 aliphatic heterocycles. The molecule has 0 spiro atoms. The first-order valence-electron chi connectivity index (χ1n) is 7.64. The summed E-state index contributed by atoms with van der Waals surface area (Å²) >= 11 is 0. The van der Waals surface area contributed by atoms with Crippen LogP contribution in [0.15, 0.2) is 9.42 Å². The van der Waals surface area contributed by atoms with Crippen molar-refractivity contribution in [1.29, 1.82) is 0 Å². The lowest BCUT2D eigenvalue weighted by Gasteiger charge is -2.34. The van der Waals surface area contributed by atoms with E-state index in [1.807, 2.05) is 0 Å². The van der Waals surface area contributed by atoms with Crippen LogP contribution in [-0.2, 0) is 10.0 Å². The van der Waals surface area contributed by atoms with Crippen LogP contribution in [0.1, 0.15) is 44.1 Å². The molecule has 21 heavy (non-hydrogen) atoms. The van der Waals surface area contributed by atoms with Gasteiger partial charge in [-0.15, -0.1) is 0 Å². The summed E-state index contributed by atoms with van der Waals surface area (Å²) in [5, 5.41) is 7.12. The molecule has 0 amide bonds. The van der Waals surface area contributed by atoms with E-state index >= 15 is 0 Å². The van der Waals surface area contributed by atoms with Crippen LogP contribution in [0.5, 0.6) is 0 Å². The van der Waals surface area contributed by atoms with E-state index < -0.39 is 10.0 Å². The van der Waals surface area contributed by atoms with Gasteiger partial charge < -0.3 is 9.84 Å². The maximum Gasteiger partial charge on any atom is 0.248 e. The molecule has 0 bridgehead atoms. The largest absolute Gasteiger partial charge is 0.360 e. The lowest BCUT2D eigenvalue weighted by Crippen LogP contribution is -2.48. The van der Waals surface area contributed by atoms with E-state index in [0.717, 1.165) is 32.2 Å². The zero-order chi connectivity index (χ0) is 15.5. The zero-order valence-electron chi connectivity index (χ0n) is 13.1. The summed E-state index contributed by atoms with van der Waals surface area (Å²) in [4.78, 5) is 0.241. The van der Waals surface area contributed by atoms with Gasteiger partial charge in [0, 0.05) is 19.1 Å². The van der Waals surface area contributed by atoms with Gasteiger partial charge in [0.05, 0.1) is 0 Å². The highest BCUT2D eigenvalue weighted by molar-refractivity contribution is 7.89. The standard InChI is InChI=1S/C14H25N3O3S/c1-4-8-15-10-13-7-5-6-9-17(13)21(18,19)14-11(2)16-20-12(14)3/h13,15H,4-10H2,1-3H3. The zero-order valence-corrected chi connectivity index (χ0v) is 13.9. The molecular weight excluding hydrogens is 290 g/mol. The molecule has 1 aromatic heterocycles. The minimum Gasteiger partial charge on any atom is -0.360 e. The van der Waals surface area contributed by atoms with Gasteiger partial charge in [-0.2, -0.15) is 4.31 Å². The molecule has 2 rings (SSSR count). The van der Waals surface area contributed by atoms with Gasteiger partial charge in [0.25, 0.3) is 0 Å². The lowest BCUT2D eigenvalue weighted by atomic mass is 10.1. The molecule has 7 heteroatoms. The molecule has 1 aromatic rings. The van der Waals surface area contributed by atoms with Gasteiger partial charge in [0.2, 0.25) is 10.0 Å². The number of nitrogens with one attached hydrogen (secondary N) is 1. The van der Waals surface area contributed by atoms with Crippen molar-refractivity contribution in [2.24, 2.45) is 0 Å². The third-order valence-electron chi connectivity index (χ3n) is 3.91. The number of aryl methyl sites for hydroxylation is 2. The van der Waals surface area contributed by atoms with E-state index in [0.29, 0.717) is 24.5 Å². The molecular formula is C14H25N3O3S. The Morgan fingerprint density at radius 3 is 2.76 bits per heavy atom. The normalized spacial score (nSPS) is 20.8. The van der Waals surface area contributed by atoms with E-state index in [4.69, 9.17) is 4.52 Å². The van der Waals surface area contributed by atoms with Crippen molar-refractivity contribution in [2.75, 3.05) is 19.6 Å². The second-order valence-electron chi connectivity index (χ2n) is 5.62. The van der Waals surface area contributed by atoms with Gasteiger partial charge in [0.15, 0.2) is 5.76 Å². The van der Waals surface area contributed by atoms with Gasteiger partial charge in [-0.05, 0) is 39.7 Å². The maximum atomic E-state index is 12.9. The Kier molecular flexibility index (Phi) is 5.40. The molecule has 0 saturated carbocycles. The van der Waals surface area contributed by atoms with E-state index in [1.165, 1.54) is 0 Å². The second-order valence-corrected chi connectivity index (χ2v) is 7.45. The van der Waals surface area contributed by atoms with Crippen molar-refractivity contribution in [3.8, 4) is 0 Å². The summed E-state index contributed by atoms with van der Waals surface area (Å²) in [6.07, 6.45) is 3.93. The maximum absolute atomic E-state index is 12.9. The highest BCUT2D eigenvalue weighted by atomic mass is 32.2. The molecule has 1 aliphatic rings. The summed E-state index contributed by atoms with van der Waals surface area (Å²) in [6, 6.07) is 0.0176. The summed E-state index contributed by atoms with van der Waals surface area (Å²) < 4.78 is 32.5. The average molecular weight is 315 g/mol. The molecule has 0 aliphatic carbocycles. The van der Waals surface area contributed by atoms with Crippen LogP contribution in [0.3, 0.4) is 0 Å². The van der Waals surface area contributed by atoms with Crippen molar-refractivity contribution in [2.45, 2.75) is 57.4 Å². The van der Waals surface area contributed by atoms with Crippen LogP contribution >= 0.6 is 0 Å². The summed E-state index contributed by atoms with van der Waals surface area (Å²) in [6.45, 7) is 7.63. The number of sulfonamides is 1. The molecule has 1 fully saturated rings. The third-order valence-corrected chi connectivity index (χ3v) is 6.11. The predicted octanol–water partition coefficient (Wildman–Crippen LogP) is 1.83. The predicted molar refractivity (Wildman–Crippen MR) is 80.7 cm³/mol. The molecule has 1 N–H and O–H groups in total. The van der Waals surface area contributed by atoms with E-state index in [2.05, 4.69) is 17.4 Å². The van der Waals surface area contributed by atoms with Crippen molar-refractivity contribution in [3.63, 3.8) is 0 Å².